The molecule has 128 valence electrons. The van der Waals surface area contributed by atoms with E-state index in [4.69, 9.17) is 23.2 Å². The molecule has 0 spiro atoms. The van der Waals surface area contributed by atoms with E-state index in [1.54, 1.807) is 24.3 Å². The summed E-state index contributed by atoms with van der Waals surface area (Å²) in [5, 5.41) is 0.899. The second kappa shape index (κ2) is 6.83. The Hall–Kier alpha value is -2.82. The highest BCUT2D eigenvalue weighted by Crippen LogP contribution is 2.36. The summed E-state index contributed by atoms with van der Waals surface area (Å²) in [6.07, 6.45) is 1.51. The summed E-state index contributed by atoms with van der Waals surface area (Å²) in [5.74, 6) is 0. The second-order valence-electron chi connectivity index (χ2n) is 5.62. The number of imidazole rings is 1. The Morgan fingerprint density at radius 1 is 0.808 bits per heavy atom. The van der Waals surface area contributed by atoms with Crippen molar-refractivity contribution in [3.05, 3.63) is 89.2 Å². The lowest BCUT2D eigenvalue weighted by Crippen LogP contribution is -2.30. The van der Waals surface area contributed by atoms with Gasteiger partial charge in [-0.3, -0.25) is 4.90 Å². The molecule has 0 radical (unpaired) electrons. The lowest BCUT2D eigenvalue weighted by Gasteiger charge is -2.25. The third-order valence-corrected chi connectivity index (χ3v) is 4.68. The summed E-state index contributed by atoms with van der Waals surface area (Å²) in [7, 11) is 0. The molecule has 4 aromatic rings. The van der Waals surface area contributed by atoms with Crippen molar-refractivity contribution in [2.45, 2.75) is 0 Å². The molecule has 0 saturated heterocycles. The van der Waals surface area contributed by atoms with Crippen LogP contribution in [0.15, 0.2) is 79.1 Å². The Balaban J connectivity index is 1.92. The molecule has 4 rings (SSSR count). The SMILES string of the molecule is O=C(N(c1ccccc1Cl)c1ccccc1Cl)n1cnc2ccccc21. The smallest absolute Gasteiger partial charge is 0.259 e. The summed E-state index contributed by atoms with van der Waals surface area (Å²) in [6.45, 7) is 0. The van der Waals surface area contributed by atoms with Crippen molar-refractivity contribution in [2.75, 3.05) is 4.90 Å². The number of benzene rings is 3. The van der Waals surface area contributed by atoms with E-state index in [1.807, 2.05) is 48.5 Å². The minimum absolute atomic E-state index is 0.320. The van der Waals surface area contributed by atoms with Crippen molar-refractivity contribution in [1.82, 2.24) is 9.55 Å². The van der Waals surface area contributed by atoms with Gasteiger partial charge in [-0.1, -0.05) is 59.6 Å². The predicted molar refractivity (Wildman–Crippen MR) is 106 cm³/mol. The molecule has 0 aliphatic rings. The maximum Gasteiger partial charge on any atom is 0.339 e. The van der Waals surface area contributed by atoms with Gasteiger partial charge in [-0.25, -0.2) is 14.3 Å². The topological polar surface area (TPSA) is 38.1 Å². The van der Waals surface area contributed by atoms with Crippen LogP contribution in [0.3, 0.4) is 0 Å². The van der Waals surface area contributed by atoms with E-state index >= 15 is 0 Å². The van der Waals surface area contributed by atoms with Gasteiger partial charge < -0.3 is 0 Å². The van der Waals surface area contributed by atoms with E-state index in [9.17, 15) is 4.79 Å². The number of nitrogens with zero attached hydrogens (tertiary/aromatic N) is 3. The van der Waals surface area contributed by atoms with Crippen LogP contribution in [0.25, 0.3) is 11.0 Å². The maximum absolute atomic E-state index is 13.5. The normalized spacial score (nSPS) is 10.8. The van der Waals surface area contributed by atoms with Gasteiger partial charge in [0.25, 0.3) is 0 Å². The van der Waals surface area contributed by atoms with Crippen LogP contribution in [0.4, 0.5) is 16.2 Å². The summed E-state index contributed by atoms with van der Waals surface area (Å²) in [5.41, 5.74) is 2.54. The zero-order valence-corrected chi connectivity index (χ0v) is 15.0. The molecule has 1 aromatic heterocycles. The van der Waals surface area contributed by atoms with Gasteiger partial charge in [0.05, 0.1) is 32.5 Å². The molecule has 3 aromatic carbocycles. The molecule has 1 amide bonds. The molecule has 0 fully saturated rings. The molecular weight excluding hydrogens is 369 g/mol. The van der Waals surface area contributed by atoms with Crippen LogP contribution in [-0.2, 0) is 0 Å². The van der Waals surface area contributed by atoms with Crippen molar-refractivity contribution in [2.24, 2.45) is 0 Å². The Labute approximate surface area is 160 Å². The molecule has 0 N–H and O–H groups in total. The fraction of sp³-hybridized carbons (Fsp3) is 0. The van der Waals surface area contributed by atoms with Crippen LogP contribution < -0.4 is 4.90 Å². The van der Waals surface area contributed by atoms with E-state index < -0.39 is 0 Å². The zero-order chi connectivity index (χ0) is 18.1. The molecule has 0 bridgehead atoms. The van der Waals surface area contributed by atoms with Gasteiger partial charge in [0.15, 0.2) is 0 Å². The van der Waals surface area contributed by atoms with Crippen molar-refractivity contribution >= 4 is 51.6 Å². The summed E-state index contributed by atoms with van der Waals surface area (Å²) in [6, 6.07) is 21.4. The van der Waals surface area contributed by atoms with Crippen molar-refractivity contribution in [1.29, 1.82) is 0 Å². The number of halogens is 2. The fourth-order valence-electron chi connectivity index (χ4n) is 2.82. The average molecular weight is 382 g/mol. The van der Waals surface area contributed by atoms with E-state index in [0.717, 1.165) is 5.52 Å². The summed E-state index contributed by atoms with van der Waals surface area (Å²) >= 11 is 12.8. The molecule has 0 unspecified atom stereocenters. The van der Waals surface area contributed by atoms with Gasteiger partial charge in [0, 0.05) is 0 Å². The van der Waals surface area contributed by atoms with E-state index in [-0.39, 0.29) is 6.03 Å². The number of carbonyl (C=O) groups is 1. The minimum atomic E-state index is -0.320. The Kier molecular flexibility index (Phi) is 4.37. The number of fused-ring (bicyclic) bond motifs is 1. The molecular formula is C20H13Cl2N3O. The first-order chi connectivity index (χ1) is 12.7. The minimum Gasteiger partial charge on any atom is -0.259 e. The van der Waals surface area contributed by atoms with E-state index in [0.29, 0.717) is 26.9 Å². The Morgan fingerprint density at radius 2 is 1.35 bits per heavy atom. The highest BCUT2D eigenvalue weighted by atomic mass is 35.5. The number of rotatable bonds is 2. The van der Waals surface area contributed by atoms with Crippen molar-refractivity contribution < 1.29 is 4.79 Å². The van der Waals surface area contributed by atoms with Gasteiger partial charge in [0.2, 0.25) is 0 Å². The zero-order valence-electron chi connectivity index (χ0n) is 13.5. The molecule has 0 aliphatic heterocycles. The Bertz CT molecular complexity index is 1060. The number of aromatic nitrogens is 2. The lowest BCUT2D eigenvalue weighted by atomic mass is 10.2. The highest BCUT2D eigenvalue weighted by Gasteiger charge is 2.24. The lowest BCUT2D eigenvalue weighted by molar-refractivity contribution is 0.250. The number of carbonyl (C=O) groups excluding carboxylic acids is 1. The van der Waals surface area contributed by atoms with E-state index in [2.05, 4.69) is 4.98 Å². The first-order valence-electron chi connectivity index (χ1n) is 7.92. The van der Waals surface area contributed by atoms with Gasteiger partial charge in [-0.05, 0) is 36.4 Å². The molecule has 26 heavy (non-hydrogen) atoms. The first kappa shape index (κ1) is 16.6. The number of para-hydroxylation sites is 4. The van der Waals surface area contributed by atoms with Crippen LogP contribution in [0, 0.1) is 0 Å². The largest absolute Gasteiger partial charge is 0.339 e. The number of amides is 1. The van der Waals surface area contributed by atoms with Crippen LogP contribution in [0.5, 0.6) is 0 Å². The number of anilines is 2. The predicted octanol–water partition coefficient (Wildman–Crippen LogP) is 6.15. The third kappa shape index (κ3) is 2.83. The molecule has 1 heterocycles. The van der Waals surface area contributed by atoms with Crippen molar-refractivity contribution in [3.8, 4) is 0 Å². The molecule has 0 atom stereocenters. The average Bonchev–Trinajstić information content (AvgIpc) is 3.09. The molecule has 4 nitrogen and oxygen atoms in total. The monoisotopic (exact) mass is 381 g/mol. The molecule has 6 heteroatoms. The highest BCUT2D eigenvalue weighted by molar-refractivity contribution is 6.36. The maximum atomic E-state index is 13.5. The number of hydrogen-bond acceptors (Lipinski definition) is 2. The Morgan fingerprint density at radius 3 is 1.96 bits per heavy atom. The third-order valence-electron chi connectivity index (χ3n) is 4.04. The van der Waals surface area contributed by atoms with E-state index in [1.165, 1.54) is 15.8 Å². The van der Waals surface area contributed by atoms with Gasteiger partial charge >= 0.3 is 6.03 Å². The first-order valence-corrected chi connectivity index (χ1v) is 8.68. The van der Waals surface area contributed by atoms with Gasteiger partial charge in [-0.2, -0.15) is 0 Å². The van der Waals surface area contributed by atoms with Crippen LogP contribution >= 0.6 is 23.2 Å². The number of hydrogen-bond donors (Lipinski definition) is 0. The van der Waals surface area contributed by atoms with Crippen LogP contribution in [-0.4, -0.2) is 15.6 Å². The van der Waals surface area contributed by atoms with Crippen molar-refractivity contribution in [3.63, 3.8) is 0 Å². The quantitative estimate of drug-likeness (QED) is 0.417. The fourth-order valence-corrected chi connectivity index (χ4v) is 3.26. The second-order valence-corrected chi connectivity index (χ2v) is 6.44. The van der Waals surface area contributed by atoms with Gasteiger partial charge in [0.1, 0.15) is 6.33 Å². The molecule has 0 aliphatic carbocycles. The molecule has 0 saturated carbocycles. The summed E-state index contributed by atoms with van der Waals surface area (Å²) < 4.78 is 1.49. The van der Waals surface area contributed by atoms with Crippen LogP contribution in [0.2, 0.25) is 10.0 Å². The van der Waals surface area contributed by atoms with Gasteiger partial charge in [-0.15, -0.1) is 0 Å². The van der Waals surface area contributed by atoms with Crippen LogP contribution in [0.1, 0.15) is 0 Å². The standard InChI is InChI=1S/C20H13Cl2N3O/c21-14-7-1-4-10-17(14)25(18-11-5-2-8-15(18)22)20(26)24-13-23-16-9-3-6-12-19(16)24/h1-13H. The summed E-state index contributed by atoms with van der Waals surface area (Å²) in [4.78, 5) is 19.3.